The summed E-state index contributed by atoms with van der Waals surface area (Å²) in [7, 11) is 0. The Morgan fingerprint density at radius 2 is 2.35 bits per heavy atom. The van der Waals surface area contributed by atoms with Crippen molar-refractivity contribution in [2.45, 2.75) is 36.6 Å². The van der Waals surface area contributed by atoms with Crippen molar-refractivity contribution in [2.75, 3.05) is 18.0 Å². The van der Waals surface area contributed by atoms with E-state index in [-0.39, 0.29) is 0 Å². The standard InChI is InChI=1S/C13H19BrN2S/c14-10-5-6-13(12(15)9-10)17-8-2-4-11-3-1-7-16-11/h5-6,9,11,16H,1-4,7-8,15H2. The molecule has 0 spiro atoms. The van der Waals surface area contributed by atoms with E-state index in [0.29, 0.717) is 0 Å². The van der Waals surface area contributed by atoms with Gasteiger partial charge in [0.1, 0.15) is 0 Å². The maximum absolute atomic E-state index is 5.96. The first-order valence-corrected chi connectivity index (χ1v) is 7.95. The quantitative estimate of drug-likeness (QED) is 0.495. The number of nitrogens with one attached hydrogen (secondary N) is 1. The van der Waals surface area contributed by atoms with Gasteiger partial charge in [0.05, 0.1) is 0 Å². The molecule has 0 aromatic heterocycles. The van der Waals surface area contributed by atoms with Crippen LogP contribution in [0.25, 0.3) is 0 Å². The molecule has 94 valence electrons. The van der Waals surface area contributed by atoms with E-state index in [4.69, 9.17) is 5.73 Å². The van der Waals surface area contributed by atoms with Crippen molar-refractivity contribution in [1.29, 1.82) is 0 Å². The van der Waals surface area contributed by atoms with Crippen LogP contribution < -0.4 is 11.1 Å². The van der Waals surface area contributed by atoms with Crippen molar-refractivity contribution < 1.29 is 0 Å². The molecule has 1 heterocycles. The van der Waals surface area contributed by atoms with Gasteiger partial charge >= 0.3 is 0 Å². The Morgan fingerprint density at radius 3 is 3.06 bits per heavy atom. The molecule has 1 aliphatic rings. The Labute approximate surface area is 116 Å². The van der Waals surface area contributed by atoms with E-state index in [1.807, 2.05) is 17.8 Å². The number of hydrogen-bond donors (Lipinski definition) is 2. The zero-order valence-electron chi connectivity index (χ0n) is 9.92. The molecule has 1 aliphatic heterocycles. The minimum absolute atomic E-state index is 0.762. The SMILES string of the molecule is Nc1cc(Br)ccc1SCCCC1CCCN1. The molecule has 2 rings (SSSR count). The second-order valence-corrected chi connectivity index (χ2v) is 6.52. The molecule has 1 unspecified atom stereocenters. The molecule has 0 bridgehead atoms. The maximum Gasteiger partial charge on any atom is 0.0463 e. The minimum Gasteiger partial charge on any atom is -0.398 e. The summed E-state index contributed by atoms with van der Waals surface area (Å²) in [5.41, 5.74) is 6.84. The van der Waals surface area contributed by atoms with Crippen LogP contribution in [0.5, 0.6) is 0 Å². The van der Waals surface area contributed by atoms with Crippen LogP contribution in [0.15, 0.2) is 27.6 Å². The van der Waals surface area contributed by atoms with Crippen molar-refractivity contribution >= 4 is 33.4 Å². The number of benzene rings is 1. The van der Waals surface area contributed by atoms with Crippen LogP contribution in [-0.4, -0.2) is 18.3 Å². The molecule has 0 amide bonds. The smallest absolute Gasteiger partial charge is 0.0463 e. The maximum atomic E-state index is 5.96. The molecule has 4 heteroatoms. The van der Waals surface area contributed by atoms with Crippen LogP contribution in [0, 0.1) is 0 Å². The lowest BCUT2D eigenvalue weighted by Gasteiger charge is -2.10. The lowest BCUT2D eigenvalue weighted by Crippen LogP contribution is -2.20. The predicted octanol–water partition coefficient (Wildman–Crippen LogP) is 3.66. The van der Waals surface area contributed by atoms with Crippen LogP contribution in [0.2, 0.25) is 0 Å². The first-order chi connectivity index (χ1) is 8.25. The van der Waals surface area contributed by atoms with Crippen LogP contribution in [0.1, 0.15) is 25.7 Å². The van der Waals surface area contributed by atoms with Crippen LogP contribution in [-0.2, 0) is 0 Å². The average molecular weight is 315 g/mol. The summed E-state index contributed by atoms with van der Waals surface area (Å²) < 4.78 is 1.05. The van der Waals surface area contributed by atoms with Crippen molar-refractivity contribution in [3.63, 3.8) is 0 Å². The highest BCUT2D eigenvalue weighted by atomic mass is 79.9. The van der Waals surface area contributed by atoms with Crippen molar-refractivity contribution in [1.82, 2.24) is 5.32 Å². The molecule has 2 nitrogen and oxygen atoms in total. The molecule has 3 N–H and O–H groups in total. The Bertz CT molecular complexity index is 364. The number of rotatable bonds is 5. The molecule has 0 saturated carbocycles. The highest BCUT2D eigenvalue weighted by molar-refractivity contribution is 9.10. The van der Waals surface area contributed by atoms with E-state index in [1.165, 1.54) is 37.1 Å². The van der Waals surface area contributed by atoms with Gasteiger partial charge in [-0.15, -0.1) is 11.8 Å². The van der Waals surface area contributed by atoms with Crippen molar-refractivity contribution in [2.24, 2.45) is 0 Å². The first-order valence-electron chi connectivity index (χ1n) is 6.17. The fraction of sp³-hybridized carbons (Fsp3) is 0.538. The zero-order chi connectivity index (χ0) is 12.1. The number of anilines is 1. The van der Waals surface area contributed by atoms with Gasteiger partial charge in [-0.2, -0.15) is 0 Å². The number of thioether (sulfide) groups is 1. The lowest BCUT2D eigenvalue weighted by molar-refractivity contribution is 0.553. The van der Waals surface area contributed by atoms with Gasteiger partial charge in [-0.3, -0.25) is 0 Å². The van der Waals surface area contributed by atoms with E-state index in [0.717, 1.165) is 22.0 Å². The largest absolute Gasteiger partial charge is 0.398 e. The average Bonchev–Trinajstić information content (AvgIpc) is 2.79. The Balaban J connectivity index is 1.70. The lowest BCUT2D eigenvalue weighted by atomic mass is 10.1. The summed E-state index contributed by atoms with van der Waals surface area (Å²) in [4.78, 5) is 1.20. The van der Waals surface area contributed by atoms with Crippen LogP contribution in [0.3, 0.4) is 0 Å². The summed E-state index contributed by atoms with van der Waals surface area (Å²) in [6.07, 6.45) is 5.25. The van der Waals surface area contributed by atoms with Crippen LogP contribution >= 0.6 is 27.7 Å². The fourth-order valence-corrected chi connectivity index (χ4v) is 3.47. The molecule has 1 atom stereocenters. The number of hydrogen-bond acceptors (Lipinski definition) is 3. The molecule has 17 heavy (non-hydrogen) atoms. The van der Waals surface area contributed by atoms with E-state index in [9.17, 15) is 0 Å². The van der Waals surface area contributed by atoms with Gasteiger partial charge in [0.25, 0.3) is 0 Å². The second-order valence-electron chi connectivity index (χ2n) is 4.47. The Kier molecular flexibility index (Phi) is 5.19. The summed E-state index contributed by atoms with van der Waals surface area (Å²) >= 11 is 5.29. The van der Waals surface area contributed by atoms with Gasteiger partial charge in [0.2, 0.25) is 0 Å². The number of halogens is 1. The van der Waals surface area contributed by atoms with Crippen molar-refractivity contribution in [3.05, 3.63) is 22.7 Å². The third-order valence-corrected chi connectivity index (χ3v) is 4.76. The highest BCUT2D eigenvalue weighted by Crippen LogP contribution is 2.28. The molecule has 1 saturated heterocycles. The summed E-state index contributed by atoms with van der Waals surface area (Å²) in [6, 6.07) is 6.88. The van der Waals surface area contributed by atoms with Gasteiger partial charge in [0.15, 0.2) is 0 Å². The summed E-state index contributed by atoms with van der Waals surface area (Å²) in [5, 5.41) is 3.53. The topological polar surface area (TPSA) is 38.0 Å². The highest BCUT2D eigenvalue weighted by Gasteiger charge is 2.12. The fourth-order valence-electron chi connectivity index (χ4n) is 2.17. The van der Waals surface area contributed by atoms with Gasteiger partial charge in [0, 0.05) is 21.1 Å². The Hall–Kier alpha value is -0.190. The third kappa shape index (κ3) is 4.19. The van der Waals surface area contributed by atoms with E-state index in [2.05, 4.69) is 33.4 Å². The Morgan fingerprint density at radius 1 is 1.47 bits per heavy atom. The number of nitrogens with two attached hydrogens (primary N) is 1. The first kappa shape index (κ1) is 13.2. The van der Waals surface area contributed by atoms with Gasteiger partial charge in [-0.05, 0) is 56.2 Å². The van der Waals surface area contributed by atoms with Crippen molar-refractivity contribution in [3.8, 4) is 0 Å². The molecule has 1 fully saturated rings. The number of nitrogen functional groups attached to an aromatic ring is 1. The predicted molar refractivity (Wildman–Crippen MR) is 79.5 cm³/mol. The minimum atomic E-state index is 0.762. The van der Waals surface area contributed by atoms with E-state index in [1.54, 1.807) is 0 Å². The molecule has 1 aromatic carbocycles. The zero-order valence-corrected chi connectivity index (χ0v) is 12.3. The molecule has 0 radical (unpaired) electrons. The molecular weight excluding hydrogens is 296 g/mol. The normalized spacial score (nSPS) is 19.7. The van der Waals surface area contributed by atoms with Crippen LogP contribution in [0.4, 0.5) is 5.69 Å². The van der Waals surface area contributed by atoms with E-state index >= 15 is 0 Å². The molecule has 0 aliphatic carbocycles. The van der Waals surface area contributed by atoms with Gasteiger partial charge < -0.3 is 11.1 Å². The third-order valence-electron chi connectivity index (χ3n) is 3.09. The monoisotopic (exact) mass is 314 g/mol. The van der Waals surface area contributed by atoms with Gasteiger partial charge in [-0.25, -0.2) is 0 Å². The summed E-state index contributed by atoms with van der Waals surface area (Å²) in [6.45, 7) is 1.21. The van der Waals surface area contributed by atoms with E-state index < -0.39 is 0 Å². The summed E-state index contributed by atoms with van der Waals surface area (Å²) in [5.74, 6) is 1.16. The molecule has 1 aromatic rings. The molecular formula is C13H19BrN2S. The second kappa shape index (κ2) is 6.66. The van der Waals surface area contributed by atoms with Gasteiger partial charge in [-0.1, -0.05) is 15.9 Å².